The minimum absolute atomic E-state index is 0.0660. The average molecular weight is 392 g/mol. The van der Waals surface area contributed by atoms with Crippen LogP contribution in [-0.4, -0.2) is 44.5 Å². The molecule has 2 aliphatic rings. The Morgan fingerprint density at radius 1 is 1.22 bits per heavy atom. The van der Waals surface area contributed by atoms with E-state index in [1.165, 1.54) is 6.33 Å². The summed E-state index contributed by atoms with van der Waals surface area (Å²) in [5.74, 6) is -0.551. The lowest BCUT2D eigenvalue weighted by molar-refractivity contribution is -0.313. The van der Waals surface area contributed by atoms with Crippen LogP contribution in [0, 0.1) is 11.3 Å². The van der Waals surface area contributed by atoms with Crippen molar-refractivity contribution in [1.29, 1.82) is 0 Å². The Kier molecular flexibility index (Phi) is 4.79. The number of aliphatic hydroxyl groups is 1. The number of hydrogen-bond acceptors (Lipinski definition) is 5. The second kappa shape index (κ2) is 6.85. The lowest BCUT2D eigenvalue weighted by Crippen LogP contribution is -2.60. The topological polar surface area (TPSA) is 69.4 Å². The molecule has 146 valence electrons. The number of benzene rings is 1. The average Bonchev–Trinajstić information content (AvgIpc) is 3.22. The van der Waals surface area contributed by atoms with Gasteiger partial charge in [0.15, 0.2) is 5.79 Å². The zero-order chi connectivity index (χ0) is 19.1. The molecule has 0 bridgehead atoms. The summed E-state index contributed by atoms with van der Waals surface area (Å²) in [5.41, 5.74) is -0.293. The first-order valence-corrected chi connectivity index (χ1v) is 9.77. The second-order valence-electron chi connectivity index (χ2n) is 8.34. The molecule has 6 nitrogen and oxygen atoms in total. The third kappa shape index (κ3) is 3.51. The van der Waals surface area contributed by atoms with Gasteiger partial charge in [-0.25, -0.2) is 4.98 Å². The number of halogens is 1. The van der Waals surface area contributed by atoms with E-state index >= 15 is 0 Å². The molecular formula is C20H26ClN3O3. The van der Waals surface area contributed by atoms with Crippen LogP contribution in [0.15, 0.2) is 36.9 Å². The van der Waals surface area contributed by atoms with Gasteiger partial charge in [0, 0.05) is 10.4 Å². The highest BCUT2D eigenvalue weighted by atomic mass is 35.5. The maximum Gasteiger partial charge on any atom is 0.162 e. The smallest absolute Gasteiger partial charge is 0.162 e. The van der Waals surface area contributed by atoms with Gasteiger partial charge in [-0.3, -0.25) is 4.68 Å². The fraction of sp³-hybridized carbons (Fsp3) is 0.600. The number of ether oxygens (including phenoxy) is 2. The van der Waals surface area contributed by atoms with E-state index in [0.29, 0.717) is 19.8 Å². The molecule has 1 aromatic heterocycles. The SMILES string of the molecule is CC1(C)OCC2(CC[C@H](Cc3ccc(Cl)cc3)[C@@]2(O)Cn2cncn2)CO1. The molecule has 1 aliphatic heterocycles. The maximum atomic E-state index is 12.0. The van der Waals surface area contributed by atoms with Crippen molar-refractivity contribution in [3.05, 3.63) is 47.5 Å². The lowest BCUT2D eigenvalue weighted by Gasteiger charge is -2.50. The van der Waals surface area contributed by atoms with Gasteiger partial charge in [0.2, 0.25) is 0 Å². The Balaban J connectivity index is 1.63. The van der Waals surface area contributed by atoms with Gasteiger partial charge in [0.05, 0.1) is 25.4 Å². The van der Waals surface area contributed by atoms with Crippen molar-refractivity contribution in [3.8, 4) is 0 Å². The molecule has 2 aromatic rings. The lowest BCUT2D eigenvalue weighted by atomic mass is 9.70. The number of hydrogen-bond donors (Lipinski definition) is 1. The van der Waals surface area contributed by atoms with E-state index in [0.717, 1.165) is 29.8 Å². The van der Waals surface area contributed by atoms with Gasteiger partial charge in [-0.05, 0) is 56.7 Å². The molecular weight excluding hydrogens is 366 g/mol. The van der Waals surface area contributed by atoms with Gasteiger partial charge in [0.1, 0.15) is 12.7 Å². The van der Waals surface area contributed by atoms with Crippen molar-refractivity contribution < 1.29 is 14.6 Å². The van der Waals surface area contributed by atoms with Crippen LogP contribution < -0.4 is 0 Å². The van der Waals surface area contributed by atoms with E-state index in [1.807, 2.05) is 38.1 Å². The summed E-state index contributed by atoms with van der Waals surface area (Å²) in [5, 5.41) is 17.0. The number of aromatic nitrogens is 3. The Morgan fingerprint density at radius 2 is 1.93 bits per heavy atom. The fourth-order valence-corrected chi connectivity index (χ4v) is 4.60. The van der Waals surface area contributed by atoms with Crippen molar-refractivity contribution in [2.24, 2.45) is 11.3 Å². The van der Waals surface area contributed by atoms with Gasteiger partial charge in [0.25, 0.3) is 0 Å². The molecule has 1 spiro atoms. The quantitative estimate of drug-likeness (QED) is 0.867. The van der Waals surface area contributed by atoms with Gasteiger partial charge >= 0.3 is 0 Å². The summed E-state index contributed by atoms with van der Waals surface area (Å²) >= 11 is 6.02. The van der Waals surface area contributed by atoms with Crippen molar-refractivity contribution in [2.75, 3.05) is 13.2 Å². The van der Waals surface area contributed by atoms with Crippen LogP contribution in [0.2, 0.25) is 5.02 Å². The Morgan fingerprint density at radius 3 is 2.56 bits per heavy atom. The molecule has 1 saturated heterocycles. The van der Waals surface area contributed by atoms with Crippen molar-refractivity contribution in [2.45, 2.75) is 51.0 Å². The van der Waals surface area contributed by atoms with Crippen LogP contribution in [0.25, 0.3) is 0 Å². The minimum atomic E-state index is -1.00. The normalized spacial score (nSPS) is 29.3. The monoisotopic (exact) mass is 391 g/mol. The molecule has 2 fully saturated rings. The van der Waals surface area contributed by atoms with E-state index in [1.54, 1.807) is 11.0 Å². The van der Waals surface area contributed by atoms with E-state index in [4.69, 9.17) is 21.1 Å². The number of nitrogens with zero attached hydrogens (tertiary/aromatic N) is 3. The second-order valence-corrected chi connectivity index (χ2v) is 8.78. The van der Waals surface area contributed by atoms with E-state index in [2.05, 4.69) is 10.1 Å². The molecule has 7 heteroatoms. The van der Waals surface area contributed by atoms with Gasteiger partial charge in [-0.2, -0.15) is 5.10 Å². The van der Waals surface area contributed by atoms with Crippen molar-refractivity contribution in [3.63, 3.8) is 0 Å². The molecule has 0 amide bonds. The summed E-state index contributed by atoms with van der Waals surface area (Å²) in [7, 11) is 0. The first-order chi connectivity index (χ1) is 12.8. The van der Waals surface area contributed by atoms with E-state index < -0.39 is 16.8 Å². The van der Waals surface area contributed by atoms with Gasteiger partial charge in [-0.1, -0.05) is 23.7 Å². The maximum absolute atomic E-state index is 12.0. The van der Waals surface area contributed by atoms with Gasteiger partial charge < -0.3 is 14.6 Å². The molecule has 2 heterocycles. The Labute approximate surface area is 164 Å². The predicted octanol–water partition coefficient (Wildman–Crippen LogP) is 3.08. The third-order valence-corrected chi connectivity index (χ3v) is 6.47. The Bertz CT molecular complexity index is 768. The molecule has 1 N–H and O–H groups in total. The van der Waals surface area contributed by atoms with Crippen LogP contribution in [0.1, 0.15) is 32.3 Å². The van der Waals surface area contributed by atoms with E-state index in [9.17, 15) is 5.11 Å². The molecule has 1 aromatic carbocycles. The molecule has 0 radical (unpaired) electrons. The standard InChI is InChI=1S/C20H26ClN3O3/c1-18(2)26-11-19(12-27-18)8-7-16(9-15-3-5-17(21)6-4-15)20(19,25)10-24-14-22-13-23-24/h3-6,13-14,16,25H,7-12H2,1-2H3/t16-,20+/m1/s1. The van der Waals surface area contributed by atoms with Crippen LogP contribution in [0.5, 0.6) is 0 Å². The largest absolute Gasteiger partial charge is 0.387 e. The van der Waals surface area contributed by atoms with Gasteiger partial charge in [-0.15, -0.1) is 0 Å². The summed E-state index contributed by atoms with van der Waals surface area (Å²) in [6, 6.07) is 7.85. The number of rotatable bonds is 4. The molecule has 0 unspecified atom stereocenters. The molecule has 4 rings (SSSR count). The summed E-state index contributed by atoms with van der Waals surface area (Å²) in [4.78, 5) is 4.03. The third-order valence-electron chi connectivity index (χ3n) is 6.22. The fourth-order valence-electron chi connectivity index (χ4n) is 4.47. The van der Waals surface area contributed by atoms with Crippen molar-refractivity contribution in [1.82, 2.24) is 14.8 Å². The van der Waals surface area contributed by atoms with Crippen LogP contribution in [-0.2, 0) is 22.4 Å². The zero-order valence-corrected chi connectivity index (χ0v) is 16.5. The highest BCUT2D eigenvalue weighted by molar-refractivity contribution is 6.30. The van der Waals surface area contributed by atoms with Crippen molar-refractivity contribution >= 4 is 11.6 Å². The molecule has 1 saturated carbocycles. The Hall–Kier alpha value is -1.47. The summed E-state index contributed by atoms with van der Waals surface area (Å²) < 4.78 is 13.7. The molecule has 1 aliphatic carbocycles. The highest BCUT2D eigenvalue weighted by Gasteiger charge is 2.62. The zero-order valence-electron chi connectivity index (χ0n) is 15.8. The summed E-state index contributed by atoms with van der Waals surface area (Å²) in [6.07, 6.45) is 5.68. The molecule has 27 heavy (non-hydrogen) atoms. The minimum Gasteiger partial charge on any atom is -0.387 e. The van der Waals surface area contributed by atoms with Crippen LogP contribution in [0.3, 0.4) is 0 Å². The van der Waals surface area contributed by atoms with E-state index in [-0.39, 0.29) is 5.92 Å². The van der Waals surface area contributed by atoms with Crippen LogP contribution >= 0.6 is 11.6 Å². The van der Waals surface area contributed by atoms with Crippen LogP contribution in [0.4, 0.5) is 0 Å². The predicted molar refractivity (Wildman–Crippen MR) is 101 cm³/mol. The molecule has 2 atom stereocenters. The first-order valence-electron chi connectivity index (χ1n) is 9.39. The summed E-state index contributed by atoms with van der Waals surface area (Å²) in [6.45, 7) is 5.15. The first kappa shape index (κ1) is 18.9. The highest BCUT2D eigenvalue weighted by Crippen LogP contribution is 2.54.